The molecular formula is C20H16N4O3. The normalized spacial score (nSPS) is 12.3. The third kappa shape index (κ3) is 2.99. The number of aryl methyl sites for hydroxylation is 1. The minimum atomic E-state index is -0.715. The lowest BCUT2D eigenvalue weighted by Crippen LogP contribution is -2.30. The van der Waals surface area contributed by atoms with Gasteiger partial charge in [0.2, 0.25) is 5.88 Å². The largest absolute Gasteiger partial charge is 0.494 e. The maximum absolute atomic E-state index is 12.3. The van der Waals surface area contributed by atoms with Crippen molar-refractivity contribution in [3.8, 4) is 11.6 Å². The predicted molar refractivity (Wildman–Crippen MR) is 100 cm³/mol. The van der Waals surface area contributed by atoms with Gasteiger partial charge < -0.3 is 5.11 Å². The van der Waals surface area contributed by atoms with E-state index in [9.17, 15) is 14.7 Å². The van der Waals surface area contributed by atoms with Gasteiger partial charge in [0.05, 0.1) is 16.4 Å². The average molecular weight is 360 g/mol. The third-order valence-electron chi connectivity index (χ3n) is 4.35. The highest BCUT2D eigenvalue weighted by atomic mass is 16.3. The van der Waals surface area contributed by atoms with Gasteiger partial charge in [-0.1, -0.05) is 31.2 Å². The molecule has 1 aliphatic rings. The summed E-state index contributed by atoms with van der Waals surface area (Å²) in [6.07, 6.45) is 2.22. The third-order valence-corrected chi connectivity index (χ3v) is 4.35. The van der Waals surface area contributed by atoms with Gasteiger partial charge in [-0.25, -0.2) is 19.3 Å². The van der Waals surface area contributed by atoms with Crippen molar-refractivity contribution in [1.29, 1.82) is 0 Å². The molecule has 27 heavy (non-hydrogen) atoms. The zero-order chi connectivity index (χ0) is 19.0. The molecule has 7 heteroatoms. The van der Waals surface area contributed by atoms with E-state index in [-0.39, 0.29) is 11.4 Å². The Morgan fingerprint density at radius 3 is 2.26 bits per heavy atom. The van der Waals surface area contributed by atoms with Gasteiger partial charge in [-0.3, -0.25) is 9.78 Å². The molecule has 0 saturated carbocycles. The molecule has 2 N–H and O–H groups in total. The molecule has 0 unspecified atom stereocenters. The van der Waals surface area contributed by atoms with Crippen molar-refractivity contribution in [3.63, 3.8) is 0 Å². The molecule has 0 amide bonds. The summed E-state index contributed by atoms with van der Waals surface area (Å²) in [6.45, 7) is 2.02. The maximum Gasteiger partial charge on any atom is 0.335 e. The van der Waals surface area contributed by atoms with Gasteiger partial charge in [0.15, 0.2) is 5.82 Å². The second-order valence-electron chi connectivity index (χ2n) is 6.07. The van der Waals surface area contributed by atoms with Gasteiger partial charge in [0, 0.05) is 6.08 Å². The smallest absolute Gasteiger partial charge is 0.335 e. The minimum Gasteiger partial charge on any atom is -0.494 e. The molecule has 0 saturated heterocycles. The summed E-state index contributed by atoms with van der Waals surface area (Å²) >= 11 is 0. The first-order valence-electron chi connectivity index (χ1n) is 8.48. The summed E-state index contributed by atoms with van der Waals surface area (Å²) < 4.78 is 1.05. The quantitative estimate of drug-likeness (QED) is 0.730. The van der Waals surface area contributed by atoms with E-state index in [0.717, 1.165) is 16.6 Å². The fourth-order valence-corrected chi connectivity index (χ4v) is 2.91. The van der Waals surface area contributed by atoms with Crippen LogP contribution in [0.3, 0.4) is 0 Å². The Labute approximate surface area is 153 Å². The molecule has 0 spiro atoms. The summed E-state index contributed by atoms with van der Waals surface area (Å²) in [6, 6.07) is 14.5. The number of rotatable bonds is 3. The van der Waals surface area contributed by atoms with Crippen LogP contribution in [-0.4, -0.2) is 14.7 Å². The number of para-hydroxylation sites is 2. The second-order valence-corrected chi connectivity index (χ2v) is 6.07. The van der Waals surface area contributed by atoms with Crippen molar-refractivity contribution in [2.24, 2.45) is 9.98 Å². The van der Waals surface area contributed by atoms with Gasteiger partial charge in [-0.05, 0) is 36.2 Å². The first-order valence-corrected chi connectivity index (χ1v) is 8.48. The average Bonchev–Trinajstić information content (AvgIpc) is 3.08. The molecule has 134 valence electrons. The van der Waals surface area contributed by atoms with E-state index in [0.29, 0.717) is 16.4 Å². The van der Waals surface area contributed by atoms with Crippen LogP contribution in [0.4, 0.5) is 0 Å². The molecule has 1 aromatic heterocycles. The fourth-order valence-electron chi connectivity index (χ4n) is 2.91. The van der Waals surface area contributed by atoms with Crippen LogP contribution in [0.1, 0.15) is 18.1 Å². The summed E-state index contributed by atoms with van der Waals surface area (Å²) in [7, 11) is 0. The van der Waals surface area contributed by atoms with E-state index < -0.39 is 17.1 Å². The zero-order valence-corrected chi connectivity index (χ0v) is 14.5. The Morgan fingerprint density at radius 2 is 1.67 bits per heavy atom. The Bertz CT molecular complexity index is 1260. The number of nitrogens with zero attached hydrogens (tertiary/aromatic N) is 3. The number of H-pyrrole nitrogens is 1. The number of benzene rings is 2. The first kappa shape index (κ1) is 16.7. The number of fused-ring (bicyclic) bond motifs is 1. The number of hydrogen-bond donors (Lipinski definition) is 2. The lowest BCUT2D eigenvalue weighted by Gasteiger charge is -2.10. The van der Waals surface area contributed by atoms with E-state index in [4.69, 9.17) is 0 Å². The van der Waals surface area contributed by atoms with E-state index in [2.05, 4.69) is 15.0 Å². The summed E-state index contributed by atoms with van der Waals surface area (Å²) in [5.41, 5.74) is 0.0540. The SMILES string of the molecule is CCc1ccc(-n2c(O)c(C=C3N=c4ccccc4=N3)c(=O)[nH]c2=O)cc1. The number of nitrogens with one attached hydrogen (secondary N) is 1. The predicted octanol–water partition coefficient (Wildman–Crippen LogP) is 1.05. The standard InChI is InChI=1S/C20H16N4O3/c1-2-12-7-9-13(10-8-12)24-19(26)14(18(25)23-20(24)27)11-17-21-15-5-3-4-6-16(15)22-17/h3-11,26H,2H2,1H3,(H,23,25,27). The number of aromatic amines is 1. The van der Waals surface area contributed by atoms with E-state index >= 15 is 0 Å². The van der Waals surface area contributed by atoms with Gasteiger partial charge in [0.1, 0.15) is 5.56 Å². The summed E-state index contributed by atoms with van der Waals surface area (Å²) in [4.78, 5) is 35.4. The van der Waals surface area contributed by atoms with Crippen LogP contribution >= 0.6 is 0 Å². The summed E-state index contributed by atoms with van der Waals surface area (Å²) in [5.74, 6) is -0.176. The molecule has 0 radical (unpaired) electrons. The Hall–Kier alpha value is -3.74. The highest BCUT2D eigenvalue weighted by molar-refractivity contribution is 5.58. The van der Waals surface area contributed by atoms with E-state index in [1.54, 1.807) is 24.3 Å². The van der Waals surface area contributed by atoms with Crippen molar-refractivity contribution >= 4 is 6.08 Å². The highest BCUT2D eigenvalue weighted by Crippen LogP contribution is 2.20. The molecular weight excluding hydrogens is 344 g/mol. The topological polar surface area (TPSA) is 99.8 Å². The summed E-state index contributed by atoms with van der Waals surface area (Å²) in [5, 5.41) is 12.0. The van der Waals surface area contributed by atoms with E-state index in [1.807, 2.05) is 31.2 Å². The Kier molecular flexibility index (Phi) is 4.04. The number of aromatic nitrogens is 2. The van der Waals surface area contributed by atoms with Gasteiger partial charge in [-0.2, -0.15) is 0 Å². The fraction of sp³-hybridized carbons (Fsp3) is 0.100. The van der Waals surface area contributed by atoms with Crippen molar-refractivity contribution in [3.05, 3.63) is 97.0 Å². The van der Waals surface area contributed by atoms with E-state index in [1.165, 1.54) is 6.08 Å². The molecule has 3 aromatic rings. The van der Waals surface area contributed by atoms with Gasteiger partial charge in [-0.15, -0.1) is 0 Å². The Morgan fingerprint density at radius 1 is 1.04 bits per heavy atom. The molecule has 0 atom stereocenters. The molecule has 1 aliphatic heterocycles. The van der Waals surface area contributed by atoms with Crippen LogP contribution < -0.4 is 22.0 Å². The van der Waals surface area contributed by atoms with Crippen LogP contribution in [0.5, 0.6) is 5.88 Å². The highest BCUT2D eigenvalue weighted by Gasteiger charge is 2.15. The molecule has 0 aliphatic carbocycles. The van der Waals surface area contributed by atoms with Crippen LogP contribution in [0.15, 0.2) is 73.9 Å². The number of aromatic hydroxyl groups is 1. The lowest BCUT2D eigenvalue weighted by atomic mass is 10.1. The van der Waals surface area contributed by atoms with Crippen molar-refractivity contribution < 1.29 is 5.11 Å². The molecule has 7 nitrogen and oxygen atoms in total. The van der Waals surface area contributed by atoms with Crippen molar-refractivity contribution in [2.45, 2.75) is 13.3 Å². The first-order chi connectivity index (χ1) is 13.1. The second kappa shape index (κ2) is 6.53. The van der Waals surface area contributed by atoms with Crippen LogP contribution in [0.2, 0.25) is 0 Å². The van der Waals surface area contributed by atoms with Crippen molar-refractivity contribution in [1.82, 2.24) is 9.55 Å². The Balaban J connectivity index is 1.88. The maximum atomic E-state index is 12.3. The van der Waals surface area contributed by atoms with Crippen LogP contribution in [0.25, 0.3) is 11.8 Å². The van der Waals surface area contributed by atoms with Gasteiger partial charge in [0.25, 0.3) is 5.56 Å². The van der Waals surface area contributed by atoms with Gasteiger partial charge >= 0.3 is 5.69 Å². The van der Waals surface area contributed by atoms with Crippen LogP contribution in [-0.2, 0) is 6.42 Å². The molecule has 0 bridgehead atoms. The lowest BCUT2D eigenvalue weighted by molar-refractivity contribution is 0.429. The minimum absolute atomic E-state index is 0.0792. The molecule has 2 heterocycles. The molecule has 2 aromatic carbocycles. The molecule has 4 rings (SSSR count). The molecule has 0 fully saturated rings. The van der Waals surface area contributed by atoms with Crippen molar-refractivity contribution in [2.75, 3.05) is 0 Å². The van der Waals surface area contributed by atoms with Crippen LogP contribution in [0, 0.1) is 0 Å². The zero-order valence-electron chi connectivity index (χ0n) is 14.5. The number of hydrogen-bond acceptors (Lipinski definition) is 5. The monoisotopic (exact) mass is 360 g/mol.